The first kappa shape index (κ1) is 18.3. The number of amidine groups is 1. The third-order valence-electron chi connectivity index (χ3n) is 5.07. The number of nitrogens with one attached hydrogen (secondary N) is 3. The molecule has 5 rings (SSSR count). The van der Waals surface area contributed by atoms with Crippen molar-refractivity contribution < 1.29 is 23.3 Å². The molecule has 3 N–H and O–H groups in total. The topological polar surface area (TPSA) is 67.2 Å². The molecular weight excluding hydrogens is 398 g/mol. The highest BCUT2D eigenvalue weighted by Gasteiger charge is 2.42. The first-order valence-corrected chi connectivity index (χ1v) is 9.94. The molecule has 0 radical (unpaired) electrons. The fourth-order valence-electron chi connectivity index (χ4n) is 3.67. The normalized spacial score (nSPS) is 25.3. The average molecular weight is 415 g/mol. The lowest BCUT2D eigenvalue weighted by atomic mass is 9.97. The van der Waals surface area contributed by atoms with E-state index in [4.69, 9.17) is 4.74 Å². The number of carbonyl (C=O) groups is 1. The Kier molecular flexibility index (Phi) is 4.38. The van der Waals surface area contributed by atoms with Crippen molar-refractivity contribution in [1.29, 1.82) is 0 Å². The molecule has 1 fully saturated rings. The zero-order chi connectivity index (χ0) is 20.1. The zero-order valence-electron chi connectivity index (χ0n) is 15.3. The first-order valence-electron chi connectivity index (χ1n) is 9.06. The molecule has 0 spiro atoms. The third-order valence-corrected chi connectivity index (χ3v) is 6.40. The van der Waals surface area contributed by atoms with Gasteiger partial charge in [-0.1, -0.05) is 12.1 Å². The van der Waals surface area contributed by atoms with Crippen LogP contribution in [0, 0.1) is 11.6 Å². The Morgan fingerprint density at radius 2 is 2.00 bits per heavy atom. The van der Waals surface area contributed by atoms with Crippen LogP contribution in [0.1, 0.15) is 29.3 Å². The molecule has 3 heterocycles. The number of ether oxygens (including phenoxy) is 1. The van der Waals surface area contributed by atoms with Crippen molar-refractivity contribution >= 4 is 28.5 Å². The molecule has 0 saturated carbocycles. The molecule has 3 atom stereocenters. The fraction of sp³-hybridized carbons (Fsp3) is 0.200. The van der Waals surface area contributed by atoms with Gasteiger partial charge in [0, 0.05) is 6.92 Å². The molecule has 1 amide bonds. The van der Waals surface area contributed by atoms with Gasteiger partial charge in [-0.25, -0.2) is 8.78 Å². The van der Waals surface area contributed by atoms with Gasteiger partial charge in [0.05, 0.1) is 23.2 Å². The first-order chi connectivity index (χ1) is 14.0. The molecule has 29 heavy (non-hydrogen) atoms. The van der Waals surface area contributed by atoms with Crippen LogP contribution >= 0.6 is 11.8 Å². The lowest BCUT2D eigenvalue weighted by molar-refractivity contribution is -0.815. The minimum absolute atomic E-state index is 0.0448. The molecule has 2 aromatic carbocycles. The van der Waals surface area contributed by atoms with E-state index >= 15 is 0 Å². The van der Waals surface area contributed by atoms with Gasteiger partial charge in [0.25, 0.3) is 11.1 Å². The van der Waals surface area contributed by atoms with Crippen LogP contribution in [-0.2, 0) is 4.79 Å². The number of rotatable bonds is 2. The molecule has 0 aromatic heterocycles. The Balaban J connectivity index is 1.57. The van der Waals surface area contributed by atoms with Crippen LogP contribution in [0.2, 0.25) is 0 Å². The van der Waals surface area contributed by atoms with Crippen LogP contribution in [0.3, 0.4) is 0 Å². The number of thioether (sulfide) groups is 1. The van der Waals surface area contributed by atoms with E-state index in [0.717, 1.165) is 21.4 Å². The van der Waals surface area contributed by atoms with Crippen molar-refractivity contribution in [1.82, 2.24) is 5.43 Å². The maximum absolute atomic E-state index is 14.7. The van der Waals surface area contributed by atoms with Crippen LogP contribution in [0.4, 0.5) is 14.5 Å². The summed E-state index contributed by atoms with van der Waals surface area (Å²) in [4.78, 5) is 16.1. The summed E-state index contributed by atoms with van der Waals surface area (Å²) >= 11 is 1.51. The summed E-state index contributed by atoms with van der Waals surface area (Å²) < 4.78 is 33.4. The van der Waals surface area contributed by atoms with Gasteiger partial charge in [0.2, 0.25) is 0 Å². The van der Waals surface area contributed by atoms with Crippen molar-refractivity contribution in [2.24, 2.45) is 4.99 Å². The molecule has 1 saturated heterocycles. The largest absolute Gasteiger partial charge is 0.478 e. The number of anilines is 1. The van der Waals surface area contributed by atoms with E-state index in [0.29, 0.717) is 11.3 Å². The number of hydrogen-bond acceptors (Lipinski definition) is 5. The summed E-state index contributed by atoms with van der Waals surface area (Å²) in [5.74, 6) is -1.13. The lowest BCUT2D eigenvalue weighted by Gasteiger charge is -2.35. The van der Waals surface area contributed by atoms with Crippen LogP contribution in [0.5, 0.6) is 5.75 Å². The van der Waals surface area contributed by atoms with Crippen molar-refractivity contribution in [2.75, 3.05) is 11.9 Å². The monoisotopic (exact) mass is 415 g/mol. The van der Waals surface area contributed by atoms with Gasteiger partial charge < -0.3 is 10.1 Å². The Morgan fingerprint density at radius 3 is 2.79 bits per heavy atom. The molecule has 3 aliphatic heterocycles. The molecular formula is C20H17F2N4O2S+. The minimum Gasteiger partial charge on any atom is -0.478 e. The third kappa shape index (κ3) is 3.21. The van der Waals surface area contributed by atoms with Crippen molar-refractivity contribution in [3.8, 4) is 5.75 Å². The Labute approximate surface area is 169 Å². The molecule has 0 aliphatic carbocycles. The smallest absolute Gasteiger partial charge is 0.287 e. The van der Waals surface area contributed by atoms with Gasteiger partial charge in [-0.3, -0.25) is 4.79 Å². The predicted octanol–water partition coefficient (Wildman–Crippen LogP) is 2.45. The number of nitrogens with zero attached hydrogens (tertiary/aromatic N) is 1. The van der Waals surface area contributed by atoms with E-state index in [2.05, 4.69) is 15.7 Å². The average Bonchev–Trinajstić information content (AvgIpc) is 3.07. The van der Waals surface area contributed by atoms with Gasteiger partial charge in [-0.15, -0.1) is 5.43 Å². The predicted molar refractivity (Wildman–Crippen MR) is 105 cm³/mol. The second-order valence-electron chi connectivity index (χ2n) is 7.05. The van der Waals surface area contributed by atoms with Gasteiger partial charge in [0.15, 0.2) is 18.2 Å². The number of halogens is 2. The Hall–Kier alpha value is -2.75. The van der Waals surface area contributed by atoms with Crippen LogP contribution in [-0.4, -0.2) is 17.7 Å². The summed E-state index contributed by atoms with van der Waals surface area (Å²) in [7, 11) is 0. The van der Waals surface area contributed by atoms with E-state index in [9.17, 15) is 13.6 Å². The number of hydrogen-bond donors (Lipinski definition) is 3. The molecule has 3 aliphatic rings. The van der Waals surface area contributed by atoms with Crippen molar-refractivity contribution in [3.05, 3.63) is 71.1 Å². The SMILES string of the molecule is CC1=CN=C2SC(c3cc(F)c4c(c3)NC(=O)CO4)C(c3ccc(F)cc3)N[NH+]12. The molecule has 9 heteroatoms. The number of amides is 1. The number of fused-ring (bicyclic) bond motifs is 2. The van der Waals surface area contributed by atoms with Crippen LogP contribution < -0.4 is 20.5 Å². The molecule has 148 valence electrons. The van der Waals surface area contributed by atoms with Crippen molar-refractivity contribution in [3.63, 3.8) is 0 Å². The number of carbonyl (C=O) groups excluding carboxylic acids is 1. The van der Waals surface area contributed by atoms with E-state index < -0.39 is 5.82 Å². The lowest BCUT2D eigenvalue weighted by Crippen LogP contribution is -3.18. The second kappa shape index (κ2) is 6.94. The van der Waals surface area contributed by atoms with Crippen LogP contribution in [0.25, 0.3) is 0 Å². The maximum Gasteiger partial charge on any atom is 0.287 e. The quantitative estimate of drug-likeness (QED) is 0.705. The number of benzene rings is 2. The number of quaternary nitrogens is 1. The van der Waals surface area contributed by atoms with Gasteiger partial charge in [0.1, 0.15) is 11.5 Å². The molecule has 2 aromatic rings. The van der Waals surface area contributed by atoms with E-state index in [1.165, 1.54) is 30.0 Å². The summed E-state index contributed by atoms with van der Waals surface area (Å²) in [6.07, 6.45) is 1.79. The van der Waals surface area contributed by atoms with E-state index in [-0.39, 0.29) is 35.4 Å². The summed E-state index contributed by atoms with van der Waals surface area (Å²) in [6, 6.07) is 9.17. The minimum atomic E-state index is -0.534. The summed E-state index contributed by atoms with van der Waals surface area (Å²) in [6.45, 7) is 1.76. The van der Waals surface area contributed by atoms with Gasteiger partial charge in [-0.2, -0.15) is 10.0 Å². The highest BCUT2D eigenvalue weighted by Crippen LogP contribution is 2.45. The summed E-state index contributed by atoms with van der Waals surface area (Å²) in [5, 5.41) is 4.17. The standard InChI is InChI=1S/C20H16F2N4O2S/c1-10-8-23-20-26(10)25-17(11-2-4-13(21)5-3-11)19(29-20)12-6-14(22)18-15(7-12)24-16(27)9-28-18/h2-8,17,19,25H,9H2,1H3,(H,24,27)/p+1. The van der Waals surface area contributed by atoms with E-state index in [1.807, 2.05) is 6.92 Å². The molecule has 6 nitrogen and oxygen atoms in total. The fourth-order valence-corrected chi connectivity index (χ4v) is 4.99. The van der Waals surface area contributed by atoms with Gasteiger partial charge >= 0.3 is 0 Å². The summed E-state index contributed by atoms with van der Waals surface area (Å²) in [5.41, 5.74) is 6.35. The van der Waals surface area contributed by atoms with Gasteiger partial charge in [-0.05, 0) is 47.2 Å². The maximum atomic E-state index is 14.7. The molecule has 3 unspecified atom stereocenters. The van der Waals surface area contributed by atoms with E-state index in [1.54, 1.807) is 24.4 Å². The number of aliphatic imine (C=N–C) groups is 1. The van der Waals surface area contributed by atoms with Crippen LogP contribution in [0.15, 0.2) is 53.3 Å². The number of allylic oxidation sites excluding steroid dienone is 1. The zero-order valence-corrected chi connectivity index (χ0v) is 16.1. The van der Waals surface area contributed by atoms with Crippen molar-refractivity contribution in [2.45, 2.75) is 18.2 Å². The Morgan fingerprint density at radius 1 is 1.21 bits per heavy atom. The molecule has 0 bridgehead atoms. The highest BCUT2D eigenvalue weighted by molar-refractivity contribution is 8.13. The second-order valence-corrected chi connectivity index (χ2v) is 8.18. The highest BCUT2D eigenvalue weighted by atomic mass is 32.2. The Bertz CT molecular complexity index is 1070.